The zero-order valence-electron chi connectivity index (χ0n) is 14.8. The van der Waals surface area contributed by atoms with Gasteiger partial charge in [0.2, 0.25) is 0 Å². The lowest BCUT2D eigenvalue weighted by atomic mass is 10.2. The van der Waals surface area contributed by atoms with Crippen molar-refractivity contribution in [1.29, 1.82) is 5.26 Å². The summed E-state index contributed by atoms with van der Waals surface area (Å²) < 4.78 is 23.2. The predicted octanol–water partition coefficient (Wildman–Crippen LogP) is 3.51. The standard InChI is InChI=1S/C20H16FN3O4/c1-12(28-14-8-6-13(21)7-9-14)20(26)27-11-18(25)15(10-22)19-23-16-4-2-3-5-17(16)24-19/h2-9,12,25H,11H2,1H3,(H,23,24)/b18-15-/t12-/m0/s1. The van der Waals surface area contributed by atoms with Crippen molar-refractivity contribution in [2.24, 2.45) is 0 Å². The Labute approximate surface area is 159 Å². The molecule has 7 nitrogen and oxygen atoms in total. The monoisotopic (exact) mass is 381 g/mol. The quantitative estimate of drug-likeness (QED) is 0.384. The largest absolute Gasteiger partial charge is 0.507 e. The van der Waals surface area contributed by atoms with E-state index in [1.807, 2.05) is 12.1 Å². The summed E-state index contributed by atoms with van der Waals surface area (Å²) in [6, 6.07) is 14.2. The second-order valence-electron chi connectivity index (χ2n) is 5.86. The van der Waals surface area contributed by atoms with Gasteiger partial charge < -0.3 is 19.6 Å². The first-order valence-corrected chi connectivity index (χ1v) is 8.34. The minimum atomic E-state index is -0.991. The smallest absolute Gasteiger partial charge is 0.347 e. The Morgan fingerprint density at radius 3 is 2.68 bits per heavy atom. The van der Waals surface area contributed by atoms with Gasteiger partial charge in [0, 0.05) is 0 Å². The maximum absolute atomic E-state index is 12.9. The summed E-state index contributed by atoms with van der Waals surface area (Å²) >= 11 is 0. The van der Waals surface area contributed by atoms with Gasteiger partial charge in [-0.15, -0.1) is 0 Å². The molecule has 8 heteroatoms. The van der Waals surface area contributed by atoms with Crippen LogP contribution in [0.25, 0.3) is 16.6 Å². The number of para-hydroxylation sites is 2. The first kappa shape index (κ1) is 18.9. The van der Waals surface area contributed by atoms with E-state index in [9.17, 15) is 19.6 Å². The van der Waals surface area contributed by atoms with Crippen LogP contribution in [-0.2, 0) is 9.53 Å². The number of aromatic amines is 1. The van der Waals surface area contributed by atoms with Crippen molar-refractivity contribution in [3.8, 4) is 11.8 Å². The molecule has 0 saturated heterocycles. The lowest BCUT2D eigenvalue weighted by Crippen LogP contribution is -2.27. The Kier molecular flexibility index (Phi) is 5.56. The topological polar surface area (TPSA) is 108 Å². The molecule has 0 unspecified atom stereocenters. The third-order valence-electron chi connectivity index (χ3n) is 3.84. The summed E-state index contributed by atoms with van der Waals surface area (Å²) in [4.78, 5) is 19.2. The number of hydrogen-bond donors (Lipinski definition) is 2. The third kappa shape index (κ3) is 4.27. The van der Waals surface area contributed by atoms with Crippen molar-refractivity contribution in [2.45, 2.75) is 13.0 Å². The SMILES string of the molecule is C[C@H](Oc1ccc(F)cc1)C(=O)OC/C(O)=C(\C#N)c1nc2ccccc2[nH]1. The lowest BCUT2D eigenvalue weighted by Gasteiger charge is -2.14. The molecule has 3 aromatic rings. The van der Waals surface area contributed by atoms with Crippen LogP contribution in [0.3, 0.4) is 0 Å². The molecule has 28 heavy (non-hydrogen) atoms. The van der Waals surface area contributed by atoms with Gasteiger partial charge in [-0.2, -0.15) is 5.26 Å². The van der Waals surface area contributed by atoms with E-state index in [1.54, 1.807) is 18.2 Å². The molecule has 2 aromatic carbocycles. The van der Waals surface area contributed by atoms with Crippen molar-refractivity contribution in [3.05, 3.63) is 65.9 Å². The minimum Gasteiger partial charge on any atom is -0.507 e. The highest BCUT2D eigenvalue weighted by atomic mass is 19.1. The molecule has 0 fully saturated rings. The Bertz CT molecular complexity index is 1030. The van der Waals surface area contributed by atoms with E-state index in [1.165, 1.54) is 31.2 Å². The molecule has 1 heterocycles. The number of ether oxygens (including phenoxy) is 2. The molecule has 0 aliphatic heterocycles. The normalized spacial score (nSPS) is 12.8. The summed E-state index contributed by atoms with van der Waals surface area (Å²) in [5.41, 5.74) is 1.21. The minimum absolute atomic E-state index is 0.129. The molecule has 3 rings (SSSR count). The summed E-state index contributed by atoms with van der Waals surface area (Å²) in [5, 5.41) is 19.5. The molecular formula is C20H16FN3O4. The third-order valence-corrected chi connectivity index (χ3v) is 3.84. The molecule has 2 N–H and O–H groups in total. The number of nitrogens with one attached hydrogen (secondary N) is 1. The van der Waals surface area contributed by atoms with E-state index >= 15 is 0 Å². The molecule has 0 spiro atoms. The maximum Gasteiger partial charge on any atom is 0.347 e. The van der Waals surface area contributed by atoms with E-state index in [4.69, 9.17) is 9.47 Å². The van der Waals surface area contributed by atoms with Crippen molar-refractivity contribution in [2.75, 3.05) is 6.61 Å². The van der Waals surface area contributed by atoms with Crippen molar-refractivity contribution in [1.82, 2.24) is 9.97 Å². The summed E-state index contributed by atoms with van der Waals surface area (Å²) in [5.74, 6) is -1.15. The Morgan fingerprint density at radius 1 is 1.29 bits per heavy atom. The number of aromatic nitrogens is 2. The van der Waals surface area contributed by atoms with Gasteiger partial charge in [-0.25, -0.2) is 14.2 Å². The van der Waals surface area contributed by atoms with Gasteiger partial charge >= 0.3 is 5.97 Å². The Hall–Kier alpha value is -3.86. The number of aliphatic hydroxyl groups excluding tert-OH is 1. The van der Waals surface area contributed by atoms with Crippen LogP contribution in [0, 0.1) is 17.1 Å². The van der Waals surface area contributed by atoms with E-state index in [0.29, 0.717) is 16.8 Å². The maximum atomic E-state index is 12.9. The molecule has 0 bridgehead atoms. The van der Waals surface area contributed by atoms with Crippen LogP contribution in [0.2, 0.25) is 0 Å². The highest BCUT2D eigenvalue weighted by Gasteiger charge is 2.19. The fourth-order valence-electron chi connectivity index (χ4n) is 2.42. The van der Waals surface area contributed by atoms with Gasteiger partial charge in [-0.05, 0) is 43.3 Å². The van der Waals surface area contributed by atoms with Gasteiger partial charge in [-0.1, -0.05) is 12.1 Å². The molecular weight excluding hydrogens is 365 g/mol. The highest BCUT2D eigenvalue weighted by molar-refractivity contribution is 5.83. The van der Waals surface area contributed by atoms with Crippen LogP contribution in [0.1, 0.15) is 12.7 Å². The van der Waals surface area contributed by atoms with E-state index in [2.05, 4.69) is 9.97 Å². The number of rotatable bonds is 6. The number of H-pyrrole nitrogens is 1. The first-order chi connectivity index (χ1) is 13.5. The molecule has 1 atom stereocenters. The number of nitrogens with zero attached hydrogens (tertiary/aromatic N) is 2. The van der Waals surface area contributed by atoms with Crippen LogP contribution in [0.4, 0.5) is 4.39 Å². The van der Waals surface area contributed by atoms with Crippen molar-refractivity contribution in [3.63, 3.8) is 0 Å². The lowest BCUT2D eigenvalue weighted by molar-refractivity contribution is -0.150. The van der Waals surface area contributed by atoms with E-state index in [-0.39, 0.29) is 11.4 Å². The number of carbonyl (C=O) groups is 1. The highest BCUT2D eigenvalue weighted by Crippen LogP contribution is 2.19. The van der Waals surface area contributed by atoms with Crippen LogP contribution in [0.5, 0.6) is 5.75 Å². The number of aliphatic hydroxyl groups is 1. The number of esters is 1. The zero-order valence-corrected chi connectivity index (χ0v) is 14.8. The second kappa shape index (κ2) is 8.22. The number of benzene rings is 2. The molecule has 0 aliphatic rings. The van der Waals surface area contributed by atoms with E-state index < -0.39 is 30.3 Å². The number of carbonyl (C=O) groups excluding carboxylic acids is 1. The summed E-state index contributed by atoms with van der Waals surface area (Å²) in [7, 11) is 0. The fourth-order valence-corrected chi connectivity index (χ4v) is 2.42. The van der Waals surface area contributed by atoms with Gasteiger partial charge in [-0.3, -0.25) is 0 Å². The molecule has 0 saturated carbocycles. The molecule has 142 valence electrons. The van der Waals surface area contributed by atoms with Gasteiger partial charge in [0.15, 0.2) is 17.7 Å². The average Bonchev–Trinajstić information content (AvgIpc) is 3.12. The average molecular weight is 381 g/mol. The van der Waals surface area contributed by atoms with Crippen LogP contribution < -0.4 is 4.74 Å². The molecule has 1 aromatic heterocycles. The Balaban J connectivity index is 1.66. The summed E-state index contributed by atoms with van der Waals surface area (Å²) in [6.07, 6.45) is -0.991. The number of imidazole rings is 1. The van der Waals surface area contributed by atoms with Crippen molar-refractivity contribution < 1.29 is 23.8 Å². The molecule has 0 aliphatic carbocycles. The predicted molar refractivity (Wildman–Crippen MR) is 98.7 cm³/mol. The van der Waals surface area contributed by atoms with Crippen LogP contribution >= 0.6 is 0 Å². The number of fused-ring (bicyclic) bond motifs is 1. The number of nitriles is 1. The fraction of sp³-hybridized carbons (Fsp3) is 0.150. The zero-order chi connectivity index (χ0) is 20.1. The first-order valence-electron chi connectivity index (χ1n) is 8.34. The van der Waals surface area contributed by atoms with Crippen LogP contribution in [-0.4, -0.2) is 33.8 Å². The van der Waals surface area contributed by atoms with Crippen molar-refractivity contribution >= 4 is 22.6 Å². The number of allylic oxidation sites excluding steroid dienone is 1. The molecule has 0 radical (unpaired) electrons. The number of halogens is 1. The van der Waals surface area contributed by atoms with E-state index in [0.717, 1.165) is 0 Å². The van der Waals surface area contributed by atoms with Crippen LogP contribution in [0.15, 0.2) is 54.3 Å². The second-order valence-corrected chi connectivity index (χ2v) is 5.86. The number of hydrogen-bond acceptors (Lipinski definition) is 6. The van der Waals surface area contributed by atoms with Gasteiger partial charge in [0.25, 0.3) is 0 Å². The Morgan fingerprint density at radius 2 is 2.00 bits per heavy atom. The van der Waals surface area contributed by atoms with Gasteiger partial charge in [0.05, 0.1) is 11.0 Å². The summed E-state index contributed by atoms with van der Waals surface area (Å²) in [6.45, 7) is 0.937. The molecule has 0 amide bonds. The van der Waals surface area contributed by atoms with Gasteiger partial charge in [0.1, 0.15) is 29.8 Å².